The average Bonchev–Trinajstić information content (AvgIpc) is 3.07. The standard InChI is InChI=1S/C18H16FNO3S/c1-13(22-18-20-9-10-24-18)12-21-15-5-7-16(8-6-15)23-17-4-2-3-14(19)11-17/h2-11,13H,12H2,1H3. The molecule has 24 heavy (non-hydrogen) atoms. The molecule has 0 N–H and O–H groups in total. The van der Waals surface area contributed by atoms with E-state index < -0.39 is 0 Å². The van der Waals surface area contributed by atoms with Crippen molar-refractivity contribution in [2.24, 2.45) is 0 Å². The van der Waals surface area contributed by atoms with Crippen LogP contribution in [0.2, 0.25) is 0 Å². The van der Waals surface area contributed by atoms with Crippen molar-refractivity contribution < 1.29 is 18.6 Å². The van der Waals surface area contributed by atoms with Gasteiger partial charge in [0.2, 0.25) is 0 Å². The lowest BCUT2D eigenvalue weighted by Gasteiger charge is -2.14. The van der Waals surface area contributed by atoms with Gasteiger partial charge in [-0.3, -0.25) is 0 Å². The molecule has 0 aliphatic rings. The minimum atomic E-state index is -0.332. The molecule has 0 radical (unpaired) electrons. The third-order valence-electron chi connectivity index (χ3n) is 3.05. The number of benzene rings is 2. The molecule has 1 unspecified atom stereocenters. The number of rotatable bonds is 7. The van der Waals surface area contributed by atoms with E-state index in [1.165, 1.54) is 23.5 Å². The van der Waals surface area contributed by atoms with Crippen molar-refractivity contribution in [3.05, 3.63) is 65.9 Å². The van der Waals surface area contributed by atoms with Crippen LogP contribution >= 0.6 is 11.3 Å². The van der Waals surface area contributed by atoms with Crippen molar-refractivity contribution in [1.29, 1.82) is 0 Å². The van der Waals surface area contributed by atoms with Crippen LogP contribution in [0.15, 0.2) is 60.1 Å². The molecule has 1 atom stereocenters. The molecule has 0 fully saturated rings. The molecule has 0 bridgehead atoms. The van der Waals surface area contributed by atoms with E-state index in [1.54, 1.807) is 42.6 Å². The van der Waals surface area contributed by atoms with Crippen LogP contribution < -0.4 is 14.2 Å². The Morgan fingerprint density at radius 3 is 2.58 bits per heavy atom. The van der Waals surface area contributed by atoms with Crippen molar-refractivity contribution in [3.63, 3.8) is 0 Å². The molecule has 1 aromatic heterocycles. The van der Waals surface area contributed by atoms with Gasteiger partial charge in [0.1, 0.15) is 35.8 Å². The lowest BCUT2D eigenvalue weighted by Crippen LogP contribution is -2.20. The number of aromatic nitrogens is 1. The zero-order valence-electron chi connectivity index (χ0n) is 13.0. The molecule has 0 amide bonds. The minimum Gasteiger partial charge on any atom is -0.490 e. The van der Waals surface area contributed by atoms with E-state index in [0.29, 0.717) is 29.0 Å². The van der Waals surface area contributed by atoms with E-state index in [1.807, 2.05) is 12.3 Å². The zero-order chi connectivity index (χ0) is 16.8. The Hall–Kier alpha value is -2.60. The maximum Gasteiger partial charge on any atom is 0.273 e. The van der Waals surface area contributed by atoms with Gasteiger partial charge in [-0.15, -0.1) is 0 Å². The molecule has 0 aliphatic carbocycles. The molecule has 6 heteroatoms. The van der Waals surface area contributed by atoms with Gasteiger partial charge in [-0.2, -0.15) is 0 Å². The van der Waals surface area contributed by atoms with Gasteiger partial charge >= 0.3 is 0 Å². The van der Waals surface area contributed by atoms with Gasteiger partial charge in [0.05, 0.1) is 0 Å². The van der Waals surface area contributed by atoms with Crippen molar-refractivity contribution in [2.75, 3.05) is 6.61 Å². The summed E-state index contributed by atoms with van der Waals surface area (Å²) < 4.78 is 30.0. The fraction of sp³-hybridized carbons (Fsp3) is 0.167. The summed E-state index contributed by atoms with van der Waals surface area (Å²) in [6.07, 6.45) is 1.59. The van der Waals surface area contributed by atoms with E-state index >= 15 is 0 Å². The smallest absolute Gasteiger partial charge is 0.273 e. The average molecular weight is 345 g/mol. The lowest BCUT2D eigenvalue weighted by atomic mass is 10.3. The zero-order valence-corrected chi connectivity index (χ0v) is 13.8. The van der Waals surface area contributed by atoms with E-state index in [0.717, 1.165) is 0 Å². The maximum absolute atomic E-state index is 13.1. The van der Waals surface area contributed by atoms with Crippen LogP contribution in [-0.4, -0.2) is 17.7 Å². The fourth-order valence-electron chi connectivity index (χ4n) is 1.96. The lowest BCUT2D eigenvalue weighted by molar-refractivity contribution is 0.142. The van der Waals surface area contributed by atoms with E-state index in [9.17, 15) is 4.39 Å². The first-order chi connectivity index (χ1) is 11.7. The van der Waals surface area contributed by atoms with Gasteiger partial charge in [-0.05, 0) is 43.3 Å². The van der Waals surface area contributed by atoms with Crippen LogP contribution in [0, 0.1) is 5.82 Å². The van der Waals surface area contributed by atoms with Crippen molar-refractivity contribution >= 4 is 11.3 Å². The highest BCUT2D eigenvalue weighted by molar-refractivity contribution is 7.11. The molecule has 0 saturated carbocycles. The number of hydrogen-bond donors (Lipinski definition) is 0. The van der Waals surface area contributed by atoms with Crippen LogP contribution in [0.4, 0.5) is 4.39 Å². The molecule has 0 spiro atoms. The first kappa shape index (κ1) is 16.3. The fourth-order valence-corrected chi connectivity index (χ4v) is 2.54. The van der Waals surface area contributed by atoms with Crippen LogP contribution in [0.25, 0.3) is 0 Å². The molecular weight excluding hydrogens is 329 g/mol. The van der Waals surface area contributed by atoms with Crippen LogP contribution in [-0.2, 0) is 0 Å². The molecule has 0 saturated heterocycles. The number of halogens is 1. The van der Waals surface area contributed by atoms with Crippen LogP contribution in [0.5, 0.6) is 22.4 Å². The third-order valence-corrected chi connectivity index (χ3v) is 3.71. The highest BCUT2D eigenvalue weighted by Gasteiger charge is 2.07. The van der Waals surface area contributed by atoms with Crippen molar-refractivity contribution in [2.45, 2.75) is 13.0 Å². The Morgan fingerprint density at radius 1 is 1.08 bits per heavy atom. The summed E-state index contributed by atoms with van der Waals surface area (Å²) in [5.74, 6) is 1.44. The number of thiazole rings is 1. The summed E-state index contributed by atoms with van der Waals surface area (Å²) in [6, 6.07) is 13.1. The molecule has 2 aromatic carbocycles. The predicted octanol–water partition coefficient (Wildman–Crippen LogP) is 4.92. The van der Waals surface area contributed by atoms with E-state index in [2.05, 4.69) is 4.98 Å². The number of hydrogen-bond acceptors (Lipinski definition) is 5. The van der Waals surface area contributed by atoms with Gasteiger partial charge in [0.25, 0.3) is 5.19 Å². The summed E-state index contributed by atoms with van der Waals surface area (Å²) >= 11 is 1.44. The van der Waals surface area contributed by atoms with E-state index in [4.69, 9.17) is 14.2 Å². The first-order valence-electron chi connectivity index (χ1n) is 7.41. The Labute approximate surface area is 143 Å². The quantitative estimate of drug-likeness (QED) is 0.609. The van der Waals surface area contributed by atoms with Crippen LogP contribution in [0.3, 0.4) is 0 Å². The van der Waals surface area contributed by atoms with Gasteiger partial charge in [-0.25, -0.2) is 9.37 Å². The minimum absolute atomic E-state index is 0.112. The Morgan fingerprint density at radius 2 is 1.88 bits per heavy atom. The Balaban J connectivity index is 1.51. The normalized spacial score (nSPS) is 11.8. The second-order valence-electron chi connectivity index (χ2n) is 5.07. The van der Waals surface area contributed by atoms with Crippen LogP contribution in [0.1, 0.15) is 6.92 Å². The van der Waals surface area contributed by atoms with Crippen molar-refractivity contribution in [3.8, 4) is 22.4 Å². The summed E-state index contributed by atoms with van der Waals surface area (Å²) in [5.41, 5.74) is 0. The largest absolute Gasteiger partial charge is 0.490 e. The summed E-state index contributed by atoms with van der Waals surface area (Å²) in [6.45, 7) is 2.33. The molecule has 3 aromatic rings. The van der Waals surface area contributed by atoms with Gasteiger partial charge < -0.3 is 14.2 Å². The Bertz CT molecular complexity index is 762. The van der Waals surface area contributed by atoms with E-state index in [-0.39, 0.29) is 11.9 Å². The molecule has 4 nitrogen and oxygen atoms in total. The molecule has 124 valence electrons. The predicted molar refractivity (Wildman–Crippen MR) is 90.6 cm³/mol. The van der Waals surface area contributed by atoms with Gasteiger partial charge in [0, 0.05) is 17.6 Å². The third kappa shape index (κ3) is 4.70. The first-order valence-corrected chi connectivity index (χ1v) is 8.29. The highest BCUT2D eigenvalue weighted by atomic mass is 32.1. The summed E-state index contributed by atoms with van der Waals surface area (Å²) in [4.78, 5) is 4.07. The topological polar surface area (TPSA) is 40.6 Å². The summed E-state index contributed by atoms with van der Waals surface area (Å²) in [7, 11) is 0. The SMILES string of the molecule is CC(COc1ccc(Oc2cccc(F)c2)cc1)Oc1nccs1. The molecular formula is C18H16FNO3S. The molecule has 1 heterocycles. The Kier molecular flexibility index (Phi) is 5.28. The maximum atomic E-state index is 13.1. The summed E-state index contributed by atoms with van der Waals surface area (Å²) in [5, 5.41) is 2.49. The molecule has 3 rings (SSSR count). The monoisotopic (exact) mass is 345 g/mol. The second kappa shape index (κ2) is 7.79. The number of nitrogens with zero attached hydrogens (tertiary/aromatic N) is 1. The second-order valence-corrected chi connectivity index (χ2v) is 5.93. The van der Waals surface area contributed by atoms with Gasteiger partial charge in [0.15, 0.2) is 0 Å². The van der Waals surface area contributed by atoms with Crippen molar-refractivity contribution in [1.82, 2.24) is 4.98 Å². The van der Waals surface area contributed by atoms with Gasteiger partial charge in [-0.1, -0.05) is 17.4 Å². The molecule has 0 aliphatic heterocycles. The highest BCUT2D eigenvalue weighted by Crippen LogP contribution is 2.24. The number of ether oxygens (including phenoxy) is 3.